The Hall–Kier alpha value is -2.07. The zero-order chi connectivity index (χ0) is 14.8. The highest BCUT2D eigenvalue weighted by Gasteiger charge is 2.33. The van der Waals surface area contributed by atoms with E-state index in [1.165, 1.54) is 0 Å². The van der Waals surface area contributed by atoms with Gasteiger partial charge < -0.3 is 10.6 Å². The number of nitrogen functional groups attached to an aromatic ring is 1. The van der Waals surface area contributed by atoms with Gasteiger partial charge in [0.15, 0.2) is 0 Å². The molecule has 21 heavy (non-hydrogen) atoms. The number of hydrogen-bond donors (Lipinski definition) is 1. The molecule has 1 amide bonds. The molecule has 1 aromatic heterocycles. The fraction of sp³-hybridized carbons (Fsp3) is 0.250. The summed E-state index contributed by atoms with van der Waals surface area (Å²) in [6.07, 6.45) is 3.81. The van der Waals surface area contributed by atoms with Gasteiger partial charge in [-0.1, -0.05) is 17.7 Å². The first-order valence-corrected chi connectivity index (χ1v) is 7.29. The molecule has 1 aliphatic carbocycles. The number of rotatable bonds is 4. The van der Waals surface area contributed by atoms with Crippen LogP contribution in [0.4, 0.5) is 5.69 Å². The van der Waals surface area contributed by atoms with Crippen LogP contribution in [0.25, 0.3) is 0 Å². The van der Waals surface area contributed by atoms with Crippen LogP contribution in [0.15, 0.2) is 42.6 Å². The fourth-order valence-electron chi connectivity index (χ4n) is 2.30. The maximum atomic E-state index is 12.7. The van der Waals surface area contributed by atoms with Crippen LogP contribution in [0.1, 0.15) is 28.9 Å². The summed E-state index contributed by atoms with van der Waals surface area (Å²) in [6, 6.07) is 11.0. The molecule has 0 aliphatic heterocycles. The van der Waals surface area contributed by atoms with E-state index in [9.17, 15) is 4.79 Å². The topological polar surface area (TPSA) is 59.2 Å². The molecule has 0 spiro atoms. The molecular weight excluding hydrogens is 286 g/mol. The Labute approximate surface area is 128 Å². The van der Waals surface area contributed by atoms with Crippen molar-refractivity contribution in [1.82, 2.24) is 9.88 Å². The van der Waals surface area contributed by atoms with E-state index in [0.717, 1.165) is 18.5 Å². The van der Waals surface area contributed by atoms with Crippen LogP contribution in [0, 0.1) is 0 Å². The molecule has 4 nitrogen and oxygen atoms in total. The Kier molecular flexibility index (Phi) is 3.80. The zero-order valence-corrected chi connectivity index (χ0v) is 12.3. The number of amides is 1. The van der Waals surface area contributed by atoms with Crippen LogP contribution < -0.4 is 5.73 Å². The Morgan fingerprint density at radius 2 is 2.14 bits per heavy atom. The number of carbonyl (C=O) groups excluding carboxylic acids is 1. The number of nitrogens with zero attached hydrogens (tertiary/aromatic N) is 2. The summed E-state index contributed by atoms with van der Waals surface area (Å²) >= 11 is 5.89. The monoisotopic (exact) mass is 301 g/mol. The molecule has 0 unspecified atom stereocenters. The molecule has 1 heterocycles. The minimum absolute atomic E-state index is 0.0580. The van der Waals surface area contributed by atoms with Crippen LogP contribution in [0.2, 0.25) is 5.02 Å². The number of pyridine rings is 1. The summed E-state index contributed by atoms with van der Waals surface area (Å²) in [6.45, 7) is 0.506. The molecule has 5 heteroatoms. The van der Waals surface area contributed by atoms with Gasteiger partial charge in [0.25, 0.3) is 5.91 Å². The number of nitrogens with two attached hydrogens (primary N) is 1. The zero-order valence-electron chi connectivity index (χ0n) is 11.5. The van der Waals surface area contributed by atoms with E-state index < -0.39 is 0 Å². The van der Waals surface area contributed by atoms with Crippen molar-refractivity contribution in [2.75, 3.05) is 5.73 Å². The summed E-state index contributed by atoms with van der Waals surface area (Å²) in [5.41, 5.74) is 7.72. The highest BCUT2D eigenvalue weighted by molar-refractivity contribution is 6.31. The maximum Gasteiger partial charge on any atom is 0.256 e. The van der Waals surface area contributed by atoms with E-state index in [2.05, 4.69) is 4.98 Å². The van der Waals surface area contributed by atoms with Gasteiger partial charge in [-0.2, -0.15) is 0 Å². The quantitative estimate of drug-likeness (QED) is 0.883. The first-order chi connectivity index (χ1) is 10.1. The Bertz CT molecular complexity index is 656. The summed E-state index contributed by atoms with van der Waals surface area (Å²) in [7, 11) is 0. The van der Waals surface area contributed by atoms with Gasteiger partial charge in [-0.3, -0.25) is 9.78 Å². The second-order valence-electron chi connectivity index (χ2n) is 5.22. The summed E-state index contributed by atoms with van der Waals surface area (Å²) in [5.74, 6) is -0.0580. The molecule has 0 bridgehead atoms. The lowest BCUT2D eigenvalue weighted by Gasteiger charge is -2.23. The van der Waals surface area contributed by atoms with Crippen LogP contribution in [0.5, 0.6) is 0 Å². The lowest BCUT2D eigenvalue weighted by atomic mass is 10.1. The second kappa shape index (κ2) is 5.74. The van der Waals surface area contributed by atoms with Crippen LogP contribution in [-0.2, 0) is 6.54 Å². The third-order valence-electron chi connectivity index (χ3n) is 3.55. The molecule has 1 aliphatic rings. The standard InChI is InChI=1S/C16H16ClN3O/c17-11-4-7-14(15(18)9-11)16(21)20(13-5-6-13)10-12-3-1-2-8-19-12/h1-4,7-9,13H,5-6,10,18H2. The van der Waals surface area contributed by atoms with Crippen LogP contribution in [-0.4, -0.2) is 21.8 Å². The molecule has 0 saturated heterocycles. The Balaban J connectivity index is 1.85. The van der Waals surface area contributed by atoms with Crippen LogP contribution >= 0.6 is 11.6 Å². The van der Waals surface area contributed by atoms with Gasteiger partial charge in [-0.15, -0.1) is 0 Å². The highest BCUT2D eigenvalue weighted by atomic mass is 35.5. The van der Waals surface area contributed by atoms with E-state index in [0.29, 0.717) is 22.8 Å². The van der Waals surface area contributed by atoms with Crippen molar-refractivity contribution in [3.05, 3.63) is 58.9 Å². The average Bonchev–Trinajstić information content (AvgIpc) is 3.30. The lowest BCUT2D eigenvalue weighted by molar-refractivity contribution is 0.0729. The van der Waals surface area contributed by atoms with Gasteiger partial charge in [0, 0.05) is 22.9 Å². The summed E-state index contributed by atoms with van der Waals surface area (Å²) in [5, 5.41) is 0.534. The van der Waals surface area contributed by atoms with Crippen molar-refractivity contribution in [3.63, 3.8) is 0 Å². The van der Waals surface area contributed by atoms with Gasteiger partial charge in [0.1, 0.15) is 0 Å². The number of aromatic nitrogens is 1. The van der Waals surface area contributed by atoms with E-state index in [1.54, 1.807) is 24.4 Å². The Morgan fingerprint density at radius 1 is 1.33 bits per heavy atom. The van der Waals surface area contributed by atoms with Gasteiger partial charge in [-0.25, -0.2) is 0 Å². The van der Waals surface area contributed by atoms with E-state index in [-0.39, 0.29) is 11.9 Å². The number of halogens is 1. The maximum absolute atomic E-state index is 12.7. The molecule has 1 aromatic carbocycles. The third kappa shape index (κ3) is 3.16. The van der Waals surface area contributed by atoms with Gasteiger partial charge in [0.2, 0.25) is 0 Å². The van der Waals surface area contributed by atoms with Crippen molar-refractivity contribution >= 4 is 23.2 Å². The minimum atomic E-state index is -0.0580. The van der Waals surface area contributed by atoms with Crippen molar-refractivity contribution in [3.8, 4) is 0 Å². The molecule has 3 rings (SSSR count). The molecule has 1 fully saturated rings. The number of carbonyl (C=O) groups is 1. The summed E-state index contributed by atoms with van der Waals surface area (Å²) in [4.78, 5) is 18.9. The number of benzene rings is 1. The lowest BCUT2D eigenvalue weighted by Crippen LogP contribution is -2.33. The highest BCUT2D eigenvalue weighted by Crippen LogP contribution is 2.31. The predicted molar refractivity (Wildman–Crippen MR) is 83.0 cm³/mol. The smallest absolute Gasteiger partial charge is 0.256 e. The first-order valence-electron chi connectivity index (χ1n) is 6.91. The van der Waals surface area contributed by atoms with Crippen molar-refractivity contribution in [2.45, 2.75) is 25.4 Å². The van der Waals surface area contributed by atoms with E-state index >= 15 is 0 Å². The number of anilines is 1. The molecule has 108 valence electrons. The van der Waals surface area contributed by atoms with Crippen molar-refractivity contribution in [2.24, 2.45) is 0 Å². The molecule has 0 radical (unpaired) electrons. The molecule has 2 N–H and O–H groups in total. The normalized spacial score (nSPS) is 14.0. The first kappa shape index (κ1) is 13.9. The van der Waals surface area contributed by atoms with E-state index in [4.69, 9.17) is 17.3 Å². The third-order valence-corrected chi connectivity index (χ3v) is 3.79. The van der Waals surface area contributed by atoms with E-state index in [1.807, 2.05) is 23.1 Å². The average molecular weight is 302 g/mol. The molecule has 2 aromatic rings. The SMILES string of the molecule is Nc1cc(Cl)ccc1C(=O)N(Cc1ccccn1)C1CC1. The van der Waals surface area contributed by atoms with Gasteiger partial charge >= 0.3 is 0 Å². The van der Waals surface area contributed by atoms with Gasteiger partial charge in [0.05, 0.1) is 17.8 Å². The Morgan fingerprint density at radius 3 is 2.76 bits per heavy atom. The molecule has 0 atom stereocenters. The second-order valence-corrected chi connectivity index (χ2v) is 5.65. The molecular formula is C16H16ClN3O. The van der Waals surface area contributed by atoms with Crippen molar-refractivity contribution < 1.29 is 4.79 Å². The van der Waals surface area contributed by atoms with Crippen molar-refractivity contribution in [1.29, 1.82) is 0 Å². The summed E-state index contributed by atoms with van der Waals surface area (Å²) < 4.78 is 0. The largest absolute Gasteiger partial charge is 0.398 e. The van der Waals surface area contributed by atoms with Crippen LogP contribution in [0.3, 0.4) is 0 Å². The minimum Gasteiger partial charge on any atom is -0.398 e. The fourth-order valence-corrected chi connectivity index (χ4v) is 2.48. The number of hydrogen-bond acceptors (Lipinski definition) is 3. The molecule has 1 saturated carbocycles. The predicted octanol–water partition coefficient (Wildman–Crippen LogP) is 3.12. The van der Waals surface area contributed by atoms with Gasteiger partial charge in [-0.05, 0) is 43.2 Å².